The van der Waals surface area contributed by atoms with E-state index in [2.05, 4.69) is 11.0 Å². The van der Waals surface area contributed by atoms with Crippen molar-refractivity contribution in [3.05, 3.63) is 33.8 Å². The molecular formula is C14H16Cl2N2S. The van der Waals surface area contributed by atoms with Crippen molar-refractivity contribution in [1.29, 1.82) is 5.26 Å². The number of hydrogen-bond donors (Lipinski definition) is 0. The molecule has 0 aliphatic carbocycles. The second kappa shape index (κ2) is 6.37. The van der Waals surface area contributed by atoms with Crippen molar-refractivity contribution in [1.82, 2.24) is 4.90 Å². The number of nitrogens with zero attached hydrogens (tertiary/aromatic N) is 2. The van der Waals surface area contributed by atoms with Crippen LogP contribution in [0, 0.1) is 11.3 Å². The molecule has 1 aromatic carbocycles. The molecule has 1 aliphatic heterocycles. The molecule has 0 bridgehead atoms. The van der Waals surface area contributed by atoms with Gasteiger partial charge in [-0.2, -0.15) is 5.26 Å². The van der Waals surface area contributed by atoms with Gasteiger partial charge in [0.15, 0.2) is 0 Å². The summed E-state index contributed by atoms with van der Waals surface area (Å²) in [5.74, 6) is 0. The van der Waals surface area contributed by atoms with Gasteiger partial charge in [-0.05, 0) is 30.7 Å². The predicted octanol–water partition coefficient (Wildman–Crippen LogP) is 4.21. The van der Waals surface area contributed by atoms with Crippen molar-refractivity contribution in [3.8, 4) is 6.07 Å². The highest BCUT2D eigenvalue weighted by molar-refractivity contribution is 8.00. The fourth-order valence-electron chi connectivity index (χ4n) is 2.35. The maximum atomic E-state index is 9.27. The van der Waals surface area contributed by atoms with E-state index in [1.54, 1.807) is 17.8 Å². The van der Waals surface area contributed by atoms with Crippen LogP contribution in [0.3, 0.4) is 0 Å². The molecule has 0 radical (unpaired) electrons. The molecule has 5 heteroatoms. The molecule has 2 nitrogen and oxygen atoms in total. The first-order valence-corrected chi connectivity index (χ1v) is 8.20. The molecule has 0 aromatic heterocycles. The van der Waals surface area contributed by atoms with Crippen LogP contribution in [0.1, 0.15) is 18.4 Å². The van der Waals surface area contributed by atoms with Crippen molar-refractivity contribution < 1.29 is 0 Å². The third kappa shape index (κ3) is 3.38. The Labute approximate surface area is 128 Å². The molecule has 1 aromatic rings. The molecule has 0 N–H and O–H groups in total. The Morgan fingerprint density at radius 2 is 2.05 bits per heavy atom. The fourth-order valence-corrected chi connectivity index (χ4v) is 3.41. The lowest BCUT2D eigenvalue weighted by molar-refractivity contribution is 0.209. The van der Waals surface area contributed by atoms with Gasteiger partial charge in [0.1, 0.15) is 4.75 Å². The summed E-state index contributed by atoms with van der Waals surface area (Å²) < 4.78 is -0.200. The summed E-state index contributed by atoms with van der Waals surface area (Å²) >= 11 is 13.9. The monoisotopic (exact) mass is 314 g/mol. The molecule has 0 atom stereocenters. The predicted molar refractivity (Wildman–Crippen MR) is 82.8 cm³/mol. The van der Waals surface area contributed by atoms with Gasteiger partial charge < -0.3 is 0 Å². The topological polar surface area (TPSA) is 27.0 Å². The van der Waals surface area contributed by atoms with E-state index >= 15 is 0 Å². The number of benzene rings is 1. The van der Waals surface area contributed by atoms with Gasteiger partial charge in [0.2, 0.25) is 0 Å². The Balaban J connectivity index is 2.00. The lowest BCUT2D eigenvalue weighted by Crippen LogP contribution is -2.41. The molecule has 1 fully saturated rings. The van der Waals surface area contributed by atoms with E-state index in [1.807, 2.05) is 18.4 Å². The lowest BCUT2D eigenvalue weighted by atomic mass is 9.97. The maximum absolute atomic E-state index is 9.27. The van der Waals surface area contributed by atoms with Gasteiger partial charge in [0.25, 0.3) is 0 Å². The Hall–Kier alpha value is -0.400. The minimum Gasteiger partial charge on any atom is -0.299 e. The van der Waals surface area contributed by atoms with E-state index in [-0.39, 0.29) is 4.75 Å². The van der Waals surface area contributed by atoms with Crippen LogP contribution in [0.15, 0.2) is 18.2 Å². The highest BCUT2D eigenvalue weighted by Gasteiger charge is 2.33. The van der Waals surface area contributed by atoms with Crippen LogP contribution in [0.2, 0.25) is 10.0 Å². The Kier molecular flexibility index (Phi) is 5.03. The van der Waals surface area contributed by atoms with Crippen LogP contribution in [-0.2, 0) is 6.54 Å². The van der Waals surface area contributed by atoms with Crippen LogP contribution in [0.25, 0.3) is 0 Å². The minimum absolute atomic E-state index is 0.200. The van der Waals surface area contributed by atoms with E-state index in [0.717, 1.165) is 38.0 Å². The summed E-state index contributed by atoms with van der Waals surface area (Å²) in [5, 5.41) is 10.5. The van der Waals surface area contributed by atoms with Crippen molar-refractivity contribution >= 4 is 35.0 Å². The number of piperidine rings is 1. The molecule has 0 spiro atoms. The molecule has 1 saturated heterocycles. The number of hydrogen-bond acceptors (Lipinski definition) is 3. The number of thioether (sulfide) groups is 1. The average Bonchev–Trinajstić information content (AvgIpc) is 2.45. The third-order valence-electron chi connectivity index (χ3n) is 3.68. The quantitative estimate of drug-likeness (QED) is 0.836. The van der Waals surface area contributed by atoms with Crippen LogP contribution in [0.5, 0.6) is 0 Å². The zero-order valence-corrected chi connectivity index (χ0v) is 13.2. The van der Waals surface area contributed by atoms with Crippen LogP contribution in [-0.4, -0.2) is 29.0 Å². The highest BCUT2D eigenvalue weighted by atomic mass is 35.5. The van der Waals surface area contributed by atoms with Gasteiger partial charge in [-0.3, -0.25) is 4.90 Å². The van der Waals surface area contributed by atoms with Gasteiger partial charge in [-0.1, -0.05) is 35.3 Å². The lowest BCUT2D eigenvalue weighted by Gasteiger charge is -2.36. The first-order valence-electron chi connectivity index (χ1n) is 6.22. The van der Waals surface area contributed by atoms with Gasteiger partial charge in [-0.25, -0.2) is 0 Å². The van der Waals surface area contributed by atoms with Crippen molar-refractivity contribution in [3.63, 3.8) is 0 Å². The molecule has 0 saturated carbocycles. The zero-order chi connectivity index (χ0) is 13.9. The second-order valence-corrected chi connectivity index (χ2v) is 6.77. The zero-order valence-electron chi connectivity index (χ0n) is 10.8. The summed E-state index contributed by atoms with van der Waals surface area (Å²) in [6, 6.07) is 8.20. The first-order chi connectivity index (χ1) is 9.10. The first kappa shape index (κ1) is 15.0. The molecular weight excluding hydrogens is 299 g/mol. The molecule has 102 valence electrons. The smallest absolute Gasteiger partial charge is 0.104 e. The summed E-state index contributed by atoms with van der Waals surface area (Å²) in [4.78, 5) is 2.34. The van der Waals surface area contributed by atoms with E-state index in [4.69, 9.17) is 23.2 Å². The number of likely N-dealkylation sites (tertiary alicyclic amines) is 1. The van der Waals surface area contributed by atoms with E-state index in [0.29, 0.717) is 10.0 Å². The summed E-state index contributed by atoms with van der Waals surface area (Å²) in [6.07, 6.45) is 3.83. The summed E-state index contributed by atoms with van der Waals surface area (Å²) in [7, 11) is 0. The van der Waals surface area contributed by atoms with Gasteiger partial charge in [0, 0.05) is 19.6 Å². The highest BCUT2D eigenvalue weighted by Crippen LogP contribution is 2.35. The third-order valence-corrected chi connectivity index (χ3v) is 5.82. The van der Waals surface area contributed by atoms with Gasteiger partial charge >= 0.3 is 0 Å². The van der Waals surface area contributed by atoms with Crippen LogP contribution < -0.4 is 0 Å². The Bertz CT molecular complexity index is 491. The largest absolute Gasteiger partial charge is 0.299 e. The number of halogens is 2. The maximum Gasteiger partial charge on any atom is 0.104 e. The average molecular weight is 315 g/mol. The molecule has 2 rings (SSSR count). The Morgan fingerprint density at radius 3 is 2.63 bits per heavy atom. The van der Waals surface area contributed by atoms with Gasteiger partial charge in [0.05, 0.1) is 16.1 Å². The van der Waals surface area contributed by atoms with Crippen molar-refractivity contribution in [2.45, 2.75) is 24.1 Å². The standard InChI is InChI=1S/C14H16Cl2N2S/c1-19-14(10-17)5-7-18(8-6-14)9-11-3-2-4-12(15)13(11)16/h2-4H,5-9H2,1H3. The van der Waals surface area contributed by atoms with E-state index < -0.39 is 0 Å². The molecule has 0 amide bonds. The summed E-state index contributed by atoms with van der Waals surface area (Å²) in [5.41, 5.74) is 1.06. The van der Waals surface area contributed by atoms with Crippen LogP contribution >= 0.6 is 35.0 Å². The minimum atomic E-state index is -0.200. The van der Waals surface area contributed by atoms with Crippen LogP contribution in [0.4, 0.5) is 0 Å². The normalized spacial score (nSPS) is 19.1. The Morgan fingerprint density at radius 1 is 1.37 bits per heavy atom. The van der Waals surface area contributed by atoms with Crippen molar-refractivity contribution in [2.24, 2.45) is 0 Å². The SMILES string of the molecule is CSC1(C#N)CCN(Cc2cccc(Cl)c2Cl)CC1. The van der Waals surface area contributed by atoms with E-state index in [1.165, 1.54) is 0 Å². The van der Waals surface area contributed by atoms with Gasteiger partial charge in [-0.15, -0.1) is 11.8 Å². The molecule has 1 aliphatic rings. The molecule has 1 heterocycles. The second-order valence-electron chi connectivity index (χ2n) is 4.80. The molecule has 19 heavy (non-hydrogen) atoms. The van der Waals surface area contributed by atoms with E-state index in [9.17, 15) is 5.26 Å². The number of nitriles is 1. The number of rotatable bonds is 3. The summed E-state index contributed by atoms with van der Waals surface area (Å²) in [6.45, 7) is 2.66. The van der Waals surface area contributed by atoms with Crippen molar-refractivity contribution in [2.75, 3.05) is 19.3 Å². The molecule has 0 unspecified atom stereocenters. The fraction of sp³-hybridized carbons (Fsp3) is 0.500.